The molecule has 0 aliphatic heterocycles. The van der Waals surface area contributed by atoms with E-state index in [2.05, 4.69) is 25.1 Å². The Kier molecular flexibility index (Phi) is 8.11. The van der Waals surface area contributed by atoms with Crippen molar-refractivity contribution >= 4 is 0 Å². The van der Waals surface area contributed by atoms with E-state index in [-0.39, 0.29) is 0 Å². The molecule has 2 heteroatoms. The molecule has 0 saturated carbocycles. The van der Waals surface area contributed by atoms with Gasteiger partial charge in [0, 0.05) is 13.7 Å². The van der Waals surface area contributed by atoms with Gasteiger partial charge < -0.3 is 10.5 Å². The lowest BCUT2D eigenvalue weighted by atomic mass is 9.79. The van der Waals surface area contributed by atoms with E-state index in [0.717, 1.165) is 19.1 Å². The summed E-state index contributed by atoms with van der Waals surface area (Å²) in [5.41, 5.74) is 10.6. The first kappa shape index (κ1) is 18.5. The zero-order valence-electron chi connectivity index (χ0n) is 15.2. The summed E-state index contributed by atoms with van der Waals surface area (Å²) in [6.45, 7) is 3.94. The number of rotatable bonds is 10. The molecule has 2 nitrogen and oxygen atoms in total. The van der Waals surface area contributed by atoms with Gasteiger partial charge in [0.1, 0.15) is 0 Å². The molecule has 2 rings (SSSR count). The van der Waals surface area contributed by atoms with Gasteiger partial charge in [-0.15, -0.1) is 0 Å². The number of methoxy groups -OCH3 is 1. The van der Waals surface area contributed by atoms with Crippen LogP contribution < -0.4 is 5.73 Å². The van der Waals surface area contributed by atoms with E-state index >= 15 is 0 Å². The highest BCUT2D eigenvalue weighted by Gasteiger charge is 2.19. The van der Waals surface area contributed by atoms with Gasteiger partial charge in [0.25, 0.3) is 0 Å². The molecule has 1 aromatic carbocycles. The van der Waals surface area contributed by atoms with Gasteiger partial charge in [0.15, 0.2) is 0 Å². The maximum atomic E-state index is 5.97. The van der Waals surface area contributed by atoms with Gasteiger partial charge in [0.2, 0.25) is 0 Å². The van der Waals surface area contributed by atoms with Crippen LogP contribution in [-0.4, -0.2) is 20.3 Å². The zero-order chi connectivity index (χ0) is 16.5. The number of ether oxygens (including phenoxy) is 1. The quantitative estimate of drug-likeness (QED) is 0.627. The van der Waals surface area contributed by atoms with Gasteiger partial charge >= 0.3 is 0 Å². The minimum absolute atomic E-state index is 0.545. The number of fused-ring (bicyclic) bond motifs is 1. The van der Waals surface area contributed by atoms with E-state index in [0.29, 0.717) is 5.92 Å². The molecule has 0 heterocycles. The summed E-state index contributed by atoms with van der Waals surface area (Å²) in [6.07, 6.45) is 11.6. The van der Waals surface area contributed by atoms with Crippen LogP contribution in [0.5, 0.6) is 0 Å². The summed E-state index contributed by atoms with van der Waals surface area (Å²) in [5.74, 6) is 1.43. The van der Waals surface area contributed by atoms with Crippen molar-refractivity contribution in [2.75, 3.05) is 20.3 Å². The Balaban J connectivity index is 1.87. The third-order valence-corrected chi connectivity index (χ3v) is 5.41. The average molecular weight is 318 g/mol. The first-order valence-electron chi connectivity index (χ1n) is 9.59. The van der Waals surface area contributed by atoms with Gasteiger partial charge in [-0.05, 0) is 67.2 Å². The topological polar surface area (TPSA) is 35.2 Å². The summed E-state index contributed by atoms with van der Waals surface area (Å²) in [5, 5.41) is 0. The molecule has 1 aliphatic carbocycles. The molecule has 130 valence electrons. The summed E-state index contributed by atoms with van der Waals surface area (Å²) in [7, 11) is 1.79. The third-order valence-electron chi connectivity index (χ3n) is 5.41. The molecule has 1 aliphatic rings. The molecule has 1 unspecified atom stereocenters. The molecule has 0 radical (unpaired) electrons. The fourth-order valence-corrected chi connectivity index (χ4v) is 3.98. The molecule has 0 fully saturated rings. The van der Waals surface area contributed by atoms with Crippen LogP contribution in [0.15, 0.2) is 18.2 Å². The Bertz CT molecular complexity index is 457. The monoisotopic (exact) mass is 317 g/mol. The smallest absolute Gasteiger partial charge is 0.0462 e. The number of benzene rings is 1. The van der Waals surface area contributed by atoms with Crippen molar-refractivity contribution in [1.82, 2.24) is 0 Å². The summed E-state index contributed by atoms with van der Waals surface area (Å²) < 4.78 is 5.13. The van der Waals surface area contributed by atoms with Crippen LogP contribution in [0, 0.1) is 5.92 Å². The van der Waals surface area contributed by atoms with E-state index < -0.39 is 0 Å². The molecule has 2 N–H and O–H groups in total. The highest BCUT2D eigenvalue weighted by atomic mass is 16.5. The van der Waals surface area contributed by atoms with Crippen LogP contribution in [0.1, 0.15) is 74.5 Å². The Hall–Kier alpha value is -0.860. The van der Waals surface area contributed by atoms with Gasteiger partial charge in [-0.2, -0.15) is 0 Å². The van der Waals surface area contributed by atoms with Crippen molar-refractivity contribution in [1.29, 1.82) is 0 Å². The molecule has 0 amide bonds. The zero-order valence-corrected chi connectivity index (χ0v) is 15.2. The molecule has 1 aromatic rings. The van der Waals surface area contributed by atoms with E-state index in [4.69, 9.17) is 10.5 Å². The highest BCUT2D eigenvalue weighted by molar-refractivity contribution is 5.36. The number of aryl methyl sites for hydroxylation is 1. The molecule has 2 atom stereocenters. The molecule has 0 bridgehead atoms. The molecular weight excluding hydrogens is 282 g/mol. The van der Waals surface area contributed by atoms with Crippen LogP contribution in [0.2, 0.25) is 0 Å². The Morgan fingerprint density at radius 1 is 1.22 bits per heavy atom. The predicted molar refractivity (Wildman–Crippen MR) is 99.0 cm³/mol. The van der Waals surface area contributed by atoms with E-state index in [1.54, 1.807) is 18.2 Å². The van der Waals surface area contributed by atoms with Crippen molar-refractivity contribution in [3.63, 3.8) is 0 Å². The lowest BCUT2D eigenvalue weighted by Crippen LogP contribution is -2.17. The first-order valence-corrected chi connectivity index (χ1v) is 9.59. The van der Waals surface area contributed by atoms with Crippen molar-refractivity contribution in [3.05, 3.63) is 34.9 Å². The lowest BCUT2D eigenvalue weighted by Gasteiger charge is -2.26. The van der Waals surface area contributed by atoms with Gasteiger partial charge in [-0.25, -0.2) is 0 Å². The van der Waals surface area contributed by atoms with E-state index in [1.165, 1.54) is 63.4 Å². The Morgan fingerprint density at radius 3 is 2.83 bits per heavy atom. The van der Waals surface area contributed by atoms with Crippen molar-refractivity contribution in [2.24, 2.45) is 11.7 Å². The largest absolute Gasteiger partial charge is 0.385 e. The van der Waals surface area contributed by atoms with E-state index in [9.17, 15) is 0 Å². The maximum Gasteiger partial charge on any atom is 0.0462 e. The Labute approximate surface area is 142 Å². The summed E-state index contributed by atoms with van der Waals surface area (Å²) in [4.78, 5) is 0. The van der Waals surface area contributed by atoms with Crippen molar-refractivity contribution in [3.8, 4) is 0 Å². The fourth-order valence-electron chi connectivity index (χ4n) is 3.98. The highest BCUT2D eigenvalue weighted by Crippen LogP contribution is 2.31. The van der Waals surface area contributed by atoms with Crippen LogP contribution in [0.4, 0.5) is 0 Å². The minimum atomic E-state index is 0.545. The predicted octanol–water partition coefficient (Wildman–Crippen LogP) is 4.84. The third kappa shape index (κ3) is 5.61. The van der Waals surface area contributed by atoms with Gasteiger partial charge in [-0.1, -0.05) is 50.8 Å². The number of hydrogen-bond acceptors (Lipinski definition) is 2. The fraction of sp³-hybridized carbons (Fsp3) is 0.714. The molecular formula is C21H35NO. The van der Waals surface area contributed by atoms with Crippen LogP contribution in [0.25, 0.3) is 0 Å². The Morgan fingerprint density at radius 2 is 2.09 bits per heavy atom. The van der Waals surface area contributed by atoms with Crippen LogP contribution in [-0.2, 0) is 17.6 Å². The molecule has 0 spiro atoms. The summed E-state index contributed by atoms with van der Waals surface area (Å²) in [6, 6.07) is 7.18. The average Bonchev–Trinajstić information content (AvgIpc) is 2.59. The molecule has 23 heavy (non-hydrogen) atoms. The number of unbranched alkanes of at least 4 members (excludes halogenated alkanes) is 2. The molecule has 0 aromatic heterocycles. The first-order chi connectivity index (χ1) is 11.3. The standard InChI is InChI=1S/C21H35NO/c1-3-7-21(16-22)20-12-11-18-14-17(9-10-19(18)15-20)8-5-4-6-13-23-2/h11-12,15,17,21H,3-10,13-14,16,22H2,1-2H3/t17-,21?/m0/s1. The lowest BCUT2D eigenvalue weighted by molar-refractivity contribution is 0.191. The maximum absolute atomic E-state index is 5.97. The number of nitrogens with two attached hydrogens (primary N) is 1. The van der Waals surface area contributed by atoms with Crippen molar-refractivity contribution in [2.45, 2.75) is 70.6 Å². The van der Waals surface area contributed by atoms with Gasteiger partial charge in [0.05, 0.1) is 0 Å². The second kappa shape index (κ2) is 10.1. The second-order valence-corrected chi connectivity index (χ2v) is 7.20. The second-order valence-electron chi connectivity index (χ2n) is 7.20. The van der Waals surface area contributed by atoms with Crippen molar-refractivity contribution < 1.29 is 4.74 Å². The molecule has 0 saturated heterocycles. The minimum Gasteiger partial charge on any atom is -0.385 e. The number of hydrogen-bond donors (Lipinski definition) is 1. The SMILES string of the molecule is CCCC(CN)c1ccc2c(c1)CC[C@H](CCCCCOC)C2. The van der Waals surface area contributed by atoms with Crippen LogP contribution in [0.3, 0.4) is 0 Å². The summed E-state index contributed by atoms with van der Waals surface area (Å²) >= 11 is 0. The normalized spacial score (nSPS) is 18.7. The van der Waals surface area contributed by atoms with Gasteiger partial charge in [-0.3, -0.25) is 0 Å². The van der Waals surface area contributed by atoms with Crippen LogP contribution >= 0.6 is 0 Å². The van der Waals surface area contributed by atoms with E-state index in [1.807, 2.05) is 0 Å².